The normalized spacial score (nSPS) is 16.2. The molecule has 1 aliphatic rings. The molecule has 0 heterocycles. The summed E-state index contributed by atoms with van der Waals surface area (Å²) in [4.78, 5) is 0. The fraction of sp³-hybridized carbons (Fsp3) is 0.667. The van der Waals surface area contributed by atoms with Crippen LogP contribution in [0.2, 0.25) is 0 Å². The summed E-state index contributed by atoms with van der Waals surface area (Å²) < 4.78 is 11.3. The van der Waals surface area contributed by atoms with Gasteiger partial charge in [-0.2, -0.15) is 0 Å². The van der Waals surface area contributed by atoms with Crippen LogP contribution in [-0.2, 0) is 5.41 Å². The second-order valence-corrected chi connectivity index (χ2v) is 6.90. The molecule has 0 saturated heterocycles. The summed E-state index contributed by atoms with van der Waals surface area (Å²) in [7, 11) is 1.70. The average Bonchev–Trinajstić information content (AvgIpc) is 2.96. The Balaban J connectivity index is 1.92. The van der Waals surface area contributed by atoms with Crippen LogP contribution in [0.3, 0.4) is 0 Å². The zero-order valence-corrected chi connectivity index (χ0v) is 13.9. The van der Waals surface area contributed by atoms with Crippen LogP contribution in [0.4, 0.5) is 0 Å². The Bertz CT molecular complexity index is 445. The Morgan fingerprint density at radius 3 is 2.52 bits per heavy atom. The van der Waals surface area contributed by atoms with Crippen LogP contribution in [0.15, 0.2) is 18.2 Å². The van der Waals surface area contributed by atoms with E-state index in [-0.39, 0.29) is 5.41 Å². The molecule has 0 radical (unpaired) electrons. The molecule has 3 heteroatoms. The molecule has 0 bridgehead atoms. The summed E-state index contributed by atoms with van der Waals surface area (Å²) >= 11 is 0. The molecule has 118 valence electrons. The second-order valence-electron chi connectivity index (χ2n) is 6.90. The van der Waals surface area contributed by atoms with Gasteiger partial charge >= 0.3 is 0 Å². The number of hydrogen-bond acceptors (Lipinski definition) is 3. The van der Waals surface area contributed by atoms with Crippen LogP contribution in [0.1, 0.15) is 52.0 Å². The maximum absolute atomic E-state index is 6.00. The molecule has 0 atom stereocenters. The molecule has 0 amide bonds. The molecular weight excluding hydrogens is 262 g/mol. The quantitative estimate of drug-likeness (QED) is 0.806. The van der Waals surface area contributed by atoms with E-state index in [1.165, 1.54) is 31.2 Å². The van der Waals surface area contributed by atoms with Crippen molar-refractivity contribution in [1.82, 2.24) is 5.32 Å². The molecule has 1 saturated carbocycles. The van der Waals surface area contributed by atoms with E-state index in [4.69, 9.17) is 9.47 Å². The predicted octanol–water partition coefficient (Wildman–Crippen LogP) is 3.90. The number of methoxy groups -OCH3 is 1. The van der Waals surface area contributed by atoms with E-state index in [2.05, 4.69) is 32.2 Å². The number of hydrogen-bond donors (Lipinski definition) is 1. The van der Waals surface area contributed by atoms with Crippen molar-refractivity contribution < 1.29 is 9.47 Å². The molecular formula is C18H29NO2. The molecule has 1 aromatic carbocycles. The highest BCUT2D eigenvalue weighted by molar-refractivity contribution is 5.44. The van der Waals surface area contributed by atoms with Crippen LogP contribution in [0.25, 0.3) is 0 Å². The first kappa shape index (κ1) is 16.2. The third-order valence-electron chi connectivity index (χ3n) is 4.14. The lowest BCUT2D eigenvalue weighted by atomic mass is 9.86. The van der Waals surface area contributed by atoms with E-state index < -0.39 is 0 Å². The van der Waals surface area contributed by atoms with Crippen LogP contribution < -0.4 is 14.8 Å². The van der Waals surface area contributed by atoms with E-state index >= 15 is 0 Å². The Kier molecular flexibility index (Phi) is 5.51. The fourth-order valence-corrected chi connectivity index (χ4v) is 2.90. The largest absolute Gasteiger partial charge is 0.497 e. The molecule has 1 aromatic rings. The Labute approximate surface area is 129 Å². The molecule has 2 rings (SSSR count). The minimum Gasteiger partial charge on any atom is -0.497 e. The zero-order valence-electron chi connectivity index (χ0n) is 13.9. The number of nitrogens with one attached hydrogen (secondary N) is 1. The zero-order chi connectivity index (χ0) is 15.3. The van der Waals surface area contributed by atoms with Crippen LogP contribution in [0.5, 0.6) is 11.5 Å². The molecule has 21 heavy (non-hydrogen) atoms. The molecule has 0 spiro atoms. The highest BCUT2D eigenvalue weighted by atomic mass is 16.5. The minimum absolute atomic E-state index is 0.0444. The standard InChI is InChI=1S/C18H29NO2/c1-18(2,3)16-13-15(20-4)9-10-17(16)21-12-11-19-14-7-5-6-8-14/h9-10,13-14,19H,5-8,11-12H2,1-4H3. The molecule has 0 aliphatic heterocycles. The van der Waals surface area contributed by atoms with Gasteiger partial charge in [0, 0.05) is 18.2 Å². The van der Waals surface area contributed by atoms with Gasteiger partial charge in [-0.15, -0.1) is 0 Å². The first-order chi connectivity index (χ1) is 10.0. The lowest BCUT2D eigenvalue weighted by Gasteiger charge is -2.23. The monoisotopic (exact) mass is 291 g/mol. The maximum atomic E-state index is 6.00. The van der Waals surface area contributed by atoms with Gasteiger partial charge in [0.25, 0.3) is 0 Å². The van der Waals surface area contributed by atoms with Gasteiger partial charge in [0.15, 0.2) is 0 Å². The van der Waals surface area contributed by atoms with Crippen molar-refractivity contribution in [1.29, 1.82) is 0 Å². The van der Waals surface area contributed by atoms with Gasteiger partial charge in [-0.05, 0) is 36.5 Å². The van der Waals surface area contributed by atoms with Crippen LogP contribution in [-0.4, -0.2) is 26.3 Å². The van der Waals surface area contributed by atoms with E-state index in [0.29, 0.717) is 12.6 Å². The molecule has 1 N–H and O–H groups in total. The molecule has 1 fully saturated rings. The van der Waals surface area contributed by atoms with Gasteiger partial charge < -0.3 is 14.8 Å². The van der Waals surface area contributed by atoms with Crippen molar-refractivity contribution in [2.75, 3.05) is 20.3 Å². The van der Waals surface area contributed by atoms with Crippen molar-refractivity contribution in [3.8, 4) is 11.5 Å². The van der Waals surface area contributed by atoms with E-state index in [0.717, 1.165) is 18.0 Å². The predicted molar refractivity (Wildman–Crippen MR) is 87.4 cm³/mol. The lowest BCUT2D eigenvalue weighted by Crippen LogP contribution is -2.30. The topological polar surface area (TPSA) is 30.5 Å². The number of rotatable bonds is 6. The Morgan fingerprint density at radius 2 is 1.90 bits per heavy atom. The molecule has 0 unspecified atom stereocenters. The third kappa shape index (κ3) is 4.63. The molecule has 0 aromatic heterocycles. The van der Waals surface area contributed by atoms with Crippen LogP contribution in [0, 0.1) is 0 Å². The summed E-state index contributed by atoms with van der Waals surface area (Å²) in [6.07, 6.45) is 5.36. The fourth-order valence-electron chi connectivity index (χ4n) is 2.90. The lowest BCUT2D eigenvalue weighted by molar-refractivity contribution is 0.297. The summed E-state index contributed by atoms with van der Waals surface area (Å²) in [6.45, 7) is 8.23. The van der Waals surface area contributed by atoms with Crippen molar-refractivity contribution in [2.24, 2.45) is 0 Å². The summed E-state index contributed by atoms with van der Waals surface area (Å²) in [5.41, 5.74) is 1.24. The van der Waals surface area contributed by atoms with Crippen molar-refractivity contribution in [2.45, 2.75) is 57.9 Å². The van der Waals surface area contributed by atoms with E-state index in [1.807, 2.05) is 12.1 Å². The van der Waals surface area contributed by atoms with Crippen molar-refractivity contribution in [3.05, 3.63) is 23.8 Å². The van der Waals surface area contributed by atoms with Crippen molar-refractivity contribution >= 4 is 0 Å². The third-order valence-corrected chi connectivity index (χ3v) is 4.14. The molecule has 1 aliphatic carbocycles. The van der Waals surface area contributed by atoms with Gasteiger partial charge in [0.2, 0.25) is 0 Å². The van der Waals surface area contributed by atoms with Crippen molar-refractivity contribution in [3.63, 3.8) is 0 Å². The van der Waals surface area contributed by atoms with E-state index in [1.54, 1.807) is 7.11 Å². The average molecular weight is 291 g/mol. The van der Waals surface area contributed by atoms with Gasteiger partial charge in [0.05, 0.1) is 7.11 Å². The number of benzene rings is 1. The SMILES string of the molecule is COc1ccc(OCCNC2CCCC2)c(C(C)(C)C)c1. The van der Waals surface area contributed by atoms with E-state index in [9.17, 15) is 0 Å². The number of ether oxygens (including phenoxy) is 2. The Morgan fingerprint density at radius 1 is 1.19 bits per heavy atom. The highest BCUT2D eigenvalue weighted by Crippen LogP contribution is 2.34. The minimum atomic E-state index is 0.0444. The van der Waals surface area contributed by atoms with Gasteiger partial charge in [-0.25, -0.2) is 0 Å². The maximum Gasteiger partial charge on any atom is 0.123 e. The van der Waals surface area contributed by atoms with Gasteiger partial charge in [-0.3, -0.25) is 0 Å². The van der Waals surface area contributed by atoms with Gasteiger partial charge in [0.1, 0.15) is 18.1 Å². The first-order valence-corrected chi connectivity index (χ1v) is 8.05. The second kappa shape index (κ2) is 7.17. The molecule has 3 nitrogen and oxygen atoms in total. The summed E-state index contributed by atoms with van der Waals surface area (Å²) in [5.74, 6) is 1.85. The van der Waals surface area contributed by atoms with Gasteiger partial charge in [-0.1, -0.05) is 33.6 Å². The Hall–Kier alpha value is -1.22. The van der Waals surface area contributed by atoms with Crippen LogP contribution >= 0.6 is 0 Å². The summed E-state index contributed by atoms with van der Waals surface area (Å²) in [6, 6.07) is 6.77. The summed E-state index contributed by atoms with van der Waals surface area (Å²) in [5, 5.41) is 3.58. The smallest absolute Gasteiger partial charge is 0.123 e. The highest BCUT2D eigenvalue weighted by Gasteiger charge is 2.20. The first-order valence-electron chi connectivity index (χ1n) is 8.05.